The molecule has 1 aromatic heterocycles. The van der Waals surface area contributed by atoms with E-state index in [1.165, 1.54) is 10.9 Å². The fourth-order valence-corrected chi connectivity index (χ4v) is 1.56. The zero-order valence-electron chi connectivity index (χ0n) is 8.73. The van der Waals surface area contributed by atoms with Gasteiger partial charge >= 0.3 is 0 Å². The number of para-hydroxylation sites is 1. The van der Waals surface area contributed by atoms with Gasteiger partial charge in [0, 0.05) is 16.7 Å². The Morgan fingerprint density at radius 2 is 1.44 bits per heavy atom. The van der Waals surface area contributed by atoms with Gasteiger partial charge in [-0.15, -0.1) is 0 Å². The van der Waals surface area contributed by atoms with Crippen LogP contribution in [0.25, 0.3) is 10.9 Å². The van der Waals surface area contributed by atoms with Crippen molar-refractivity contribution in [1.82, 2.24) is 4.98 Å². The molecule has 0 aliphatic heterocycles. The maximum absolute atomic E-state index is 5.54. The van der Waals surface area contributed by atoms with Crippen LogP contribution < -0.4 is 0 Å². The topological polar surface area (TPSA) is 15.8 Å². The lowest BCUT2D eigenvalue weighted by atomic mass is 10.3. The van der Waals surface area contributed by atoms with Crippen LogP contribution in [0, 0.1) is 0 Å². The minimum absolute atomic E-state index is 0.794. The van der Waals surface area contributed by atoms with Crippen molar-refractivity contribution < 1.29 is 0 Å². The van der Waals surface area contributed by atoms with Crippen LogP contribution in [0.4, 0.5) is 0 Å². The summed E-state index contributed by atoms with van der Waals surface area (Å²) in [6.45, 7) is 0. The first-order valence-corrected chi connectivity index (χ1v) is 5.47. The summed E-state index contributed by atoms with van der Waals surface area (Å²) in [4.78, 5) is 3.12. The first-order chi connectivity index (χ1) is 7.86. The minimum Gasteiger partial charge on any atom is -0.361 e. The predicted molar refractivity (Wildman–Crippen MR) is 69.8 cm³/mol. The number of rotatable bonds is 0. The van der Waals surface area contributed by atoms with Crippen molar-refractivity contribution >= 4 is 22.5 Å². The van der Waals surface area contributed by atoms with Crippen LogP contribution in [0.1, 0.15) is 0 Å². The summed E-state index contributed by atoms with van der Waals surface area (Å²) in [5.74, 6) is 0. The molecule has 0 saturated carbocycles. The molecule has 1 heterocycles. The summed E-state index contributed by atoms with van der Waals surface area (Å²) in [6, 6.07) is 19.7. The lowest BCUT2D eigenvalue weighted by molar-refractivity contribution is 1.48. The zero-order chi connectivity index (χ0) is 11.2. The number of aromatic nitrogens is 1. The molecule has 2 aromatic carbocycles. The number of aromatic amines is 1. The molecule has 16 heavy (non-hydrogen) atoms. The Morgan fingerprint density at radius 1 is 0.750 bits per heavy atom. The average molecular weight is 230 g/mol. The Kier molecular flexibility index (Phi) is 3.62. The Hall–Kier alpha value is -1.73. The van der Waals surface area contributed by atoms with E-state index in [1.807, 2.05) is 48.7 Å². The monoisotopic (exact) mass is 229 g/mol. The van der Waals surface area contributed by atoms with E-state index >= 15 is 0 Å². The van der Waals surface area contributed by atoms with Gasteiger partial charge in [-0.05, 0) is 29.7 Å². The molecular weight excluding hydrogens is 218 g/mol. The Labute approximate surface area is 99.7 Å². The molecule has 3 aromatic rings. The van der Waals surface area contributed by atoms with E-state index in [1.54, 1.807) is 0 Å². The molecule has 0 spiro atoms. The number of fused-ring (bicyclic) bond motifs is 1. The van der Waals surface area contributed by atoms with Gasteiger partial charge in [-0.1, -0.05) is 48.0 Å². The molecule has 0 aliphatic carbocycles. The Morgan fingerprint density at radius 3 is 2.06 bits per heavy atom. The smallest absolute Gasteiger partial charge is 0.0453 e. The fraction of sp³-hybridized carbons (Fsp3) is 0. The molecule has 2 heteroatoms. The molecule has 0 atom stereocenters. The molecule has 0 aliphatic rings. The van der Waals surface area contributed by atoms with E-state index in [0.29, 0.717) is 0 Å². The van der Waals surface area contributed by atoms with Crippen LogP contribution in [0.15, 0.2) is 66.9 Å². The summed E-state index contributed by atoms with van der Waals surface area (Å²) < 4.78 is 0. The molecule has 0 saturated heterocycles. The van der Waals surface area contributed by atoms with Crippen LogP contribution in [0.5, 0.6) is 0 Å². The highest BCUT2D eigenvalue weighted by molar-refractivity contribution is 6.30. The predicted octanol–water partition coefficient (Wildman–Crippen LogP) is 4.51. The Bertz CT molecular complexity index is 512. The summed E-state index contributed by atoms with van der Waals surface area (Å²) in [5, 5.41) is 2.07. The molecule has 0 fully saturated rings. The molecule has 3 rings (SSSR count). The van der Waals surface area contributed by atoms with Crippen molar-refractivity contribution in [3.05, 3.63) is 71.9 Å². The highest BCUT2D eigenvalue weighted by Crippen LogP contribution is 2.09. The average Bonchev–Trinajstić information content (AvgIpc) is 2.79. The van der Waals surface area contributed by atoms with Crippen LogP contribution in [0.2, 0.25) is 5.02 Å². The number of hydrogen-bond donors (Lipinski definition) is 1. The summed E-state index contributed by atoms with van der Waals surface area (Å²) in [6.07, 6.45) is 1.95. The Balaban J connectivity index is 0.000000125. The third-order valence-corrected chi connectivity index (χ3v) is 2.45. The number of halogens is 1. The van der Waals surface area contributed by atoms with Crippen molar-refractivity contribution in [2.75, 3.05) is 0 Å². The molecule has 1 N–H and O–H groups in total. The lowest BCUT2D eigenvalue weighted by Gasteiger charge is -1.83. The summed E-state index contributed by atoms with van der Waals surface area (Å²) in [7, 11) is 0. The number of H-pyrrole nitrogens is 1. The van der Waals surface area contributed by atoms with Crippen LogP contribution >= 0.6 is 11.6 Å². The van der Waals surface area contributed by atoms with Gasteiger partial charge in [-0.2, -0.15) is 0 Å². The maximum atomic E-state index is 5.54. The highest BCUT2D eigenvalue weighted by Gasteiger charge is 1.86. The van der Waals surface area contributed by atoms with Gasteiger partial charge in [0.05, 0.1) is 0 Å². The second-order valence-corrected chi connectivity index (χ2v) is 3.80. The normalized spacial score (nSPS) is 9.56. The zero-order valence-corrected chi connectivity index (χ0v) is 9.48. The molecule has 0 bridgehead atoms. The van der Waals surface area contributed by atoms with Crippen molar-refractivity contribution in [2.24, 2.45) is 0 Å². The number of hydrogen-bond acceptors (Lipinski definition) is 0. The molecule has 80 valence electrons. The van der Waals surface area contributed by atoms with E-state index in [0.717, 1.165) is 5.02 Å². The standard InChI is InChI=1S/C8H7N.C6H5Cl/c1-2-4-8-7(3-1)5-6-9-8;7-6-4-2-1-3-5-6/h1-6,9H;1-5H. The van der Waals surface area contributed by atoms with Crippen LogP contribution in [-0.2, 0) is 0 Å². The SMILES string of the molecule is Clc1ccccc1.c1ccc2[nH]ccc2c1. The van der Waals surface area contributed by atoms with Gasteiger partial charge in [-0.3, -0.25) is 0 Å². The van der Waals surface area contributed by atoms with Crippen molar-refractivity contribution in [1.29, 1.82) is 0 Å². The largest absolute Gasteiger partial charge is 0.361 e. The second kappa shape index (κ2) is 5.38. The fourth-order valence-electron chi connectivity index (χ4n) is 1.41. The van der Waals surface area contributed by atoms with Gasteiger partial charge < -0.3 is 4.98 Å². The molecule has 0 amide bonds. The number of nitrogens with one attached hydrogen (secondary N) is 1. The third-order valence-electron chi connectivity index (χ3n) is 2.20. The van der Waals surface area contributed by atoms with Crippen molar-refractivity contribution in [2.45, 2.75) is 0 Å². The van der Waals surface area contributed by atoms with Gasteiger partial charge in [0.2, 0.25) is 0 Å². The van der Waals surface area contributed by atoms with E-state index in [9.17, 15) is 0 Å². The van der Waals surface area contributed by atoms with E-state index in [4.69, 9.17) is 11.6 Å². The van der Waals surface area contributed by atoms with Crippen LogP contribution in [-0.4, -0.2) is 4.98 Å². The lowest BCUT2D eigenvalue weighted by Crippen LogP contribution is -1.61. The van der Waals surface area contributed by atoms with Crippen molar-refractivity contribution in [3.8, 4) is 0 Å². The van der Waals surface area contributed by atoms with E-state index in [2.05, 4.69) is 23.2 Å². The molecule has 1 nitrogen and oxygen atoms in total. The van der Waals surface area contributed by atoms with Gasteiger partial charge in [0.15, 0.2) is 0 Å². The molecular formula is C14H12ClN. The van der Waals surface area contributed by atoms with Gasteiger partial charge in [0.25, 0.3) is 0 Å². The first-order valence-electron chi connectivity index (χ1n) is 5.09. The highest BCUT2D eigenvalue weighted by atomic mass is 35.5. The summed E-state index contributed by atoms with van der Waals surface area (Å²) >= 11 is 5.54. The first kappa shape index (κ1) is 10.8. The van der Waals surface area contributed by atoms with E-state index in [-0.39, 0.29) is 0 Å². The second-order valence-electron chi connectivity index (χ2n) is 3.36. The maximum Gasteiger partial charge on any atom is 0.0453 e. The van der Waals surface area contributed by atoms with Crippen LogP contribution in [0.3, 0.4) is 0 Å². The van der Waals surface area contributed by atoms with E-state index < -0.39 is 0 Å². The third kappa shape index (κ3) is 2.88. The molecule has 0 unspecified atom stereocenters. The number of benzene rings is 2. The summed E-state index contributed by atoms with van der Waals surface area (Å²) in [5.41, 5.74) is 1.21. The van der Waals surface area contributed by atoms with Crippen molar-refractivity contribution in [3.63, 3.8) is 0 Å². The van der Waals surface area contributed by atoms with Gasteiger partial charge in [-0.25, -0.2) is 0 Å². The minimum atomic E-state index is 0.794. The van der Waals surface area contributed by atoms with Gasteiger partial charge in [0.1, 0.15) is 0 Å². The quantitative estimate of drug-likeness (QED) is 0.584. The molecule has 0 radical (unpaired) electrons.